The van der Waals surface area contributed by atoms with Crippen LogP contribution in [0.4, 0.5) is 0 Å². The Labute approximate surface area is 86.4 Å². The summed E-state index contributed by atoms with van der Waals surface area (Å²) in [6, 6.07) is 0.901. The predicted molar refractivity (Wildman–Crippen MR) is 57.2 cm³/mol. The summed E-state index contributed by atoms with van der Waals surface area (Å²) in [5.41, 5.74) is 6.06. The average molecular weight is 198 g/mol. The van der Waals surface area contributed by atoms with Crippen molar-refractivity contribution in [2.45, 2.75) is 56.7 Å². The van der Waals surface area contributed by atoms with E-state index in [1.165, 1.54) is 38.5 Å². The van der Waals surface area contributed by atoms with Gasteiger partial charge in [0.1, 0.15) is 0 Å². The Bertz CT molecular complexity index is 169. The van der Waals surface area contributed by atoms with E-state index >= 15 is 0 Å². The van der Waals surface area contributed by atoms with Crippen LogP contribution in [0.1, 0.15) is 38.5 Å². The SMILES string of the molecule is N[C@@H]1CCCC[C@@H]1NC[C@H]1CCCO1. The van der Waals surface area contributed by atoms with Crippen LogP contribution in [0, 0.1) is 0 Å². The first-order valence-corrected chi connectivity index (χ1v) is 5.97. The molecule has 3 N–H and O–H groups in total. The maximum atomic E-state index is 6.06. The van der Waals surface area contributed by atoms with Gasteiger partial charge in [-0.3, -0.25) is 0 Å². The summed E-state index contributed by atoms with van der Waals surface area (Å²) >= 11 is 0. The van der Waals surface area contributed by atoms with Crippen molar-refractivity contribution >= 4 is 0 Å². The Morgan fingerprint density at radius 2 is 2.00 bits per heavy atom. The van der Waals surface area contributed by atoms with Crippen molar-refractivity contribution in [1.29, 1.82) is 0 Å². The Balaban J connectivity index is 1.67. The van der Waals surface area contributed by atoms with Crippen molar-refractivity contribution in [2.24, 2.45) is 5.73 Å². The molecule has 1 saturated carbocycles. The van der Waals surface area contributed by atoms with Crippen LogP contribution in [0.5, 0.6) is 0 Å². The fourth-order valence-electron chi connectivity index (χ4n) is 2.50. The van der Waals surface area contributed by atoms with Crippen molar-refractivity contribution in [2.75, 3.05) is 13.2 Å². The van der Waals surface area contributed by atoms with Gasteiger partial charge in [-0.25, -0.2) is 0 Å². The molecule has 1 aliphatic carbocycles. The fraction of sp³-hybridized carbons (Fsp3) is 1.00. The molecular weight excluding hydrogens is 176 g/mol. The van der Waals surface area contributed by atoms with Crippen molar-refractivity contribution in [3.63, 3.8) is 0 Å². The molecule has 3 heteroatoms. The van der Waals surface area contributed by atoms with Crippen LogP contribution in [-0.4, -0.2) is 31.3 Å². The molecule has 0 unspecified atom stereocenters. The second-order valence-corrected chi connectivity index (χ2v) is 4.60. The van der Waals surface area contributed by atoms with Crippen LogP contribution < -0.4 is 11.1 Å². The van der Waals surface area contributed by atoms with Crippen LogP contribution in [0.3, 0.4) is 0 Å². The number of hydrogen-bond acceptors (Lipinski definition) is 3. The Morgan fingerprint density at radius 1 is 1.14 bits per heavy atom. The van der Waals surface area contributed by atoms with Crippen molar-refractivity contribution in [3.05, 3.63) is 0 Å². The van der Waals surface area contributed by atoms with Crippen LogP contribution in [0.2, 0.25) is 0 Å². The zero-order chi connectivity index (χ0) is 9.80. The van der Waals surface area contributed by atoms with E-state index in [-0.39, 0.29) is 0 Å². The fourth-order valence-corrected chi connectivity index (χ4v) is 2.50. The van der Waals surface area contributed by atoms with E-state index in [4.69, 9.17) is 10.5 Å². The molecule has 2 fully saturated rings. The van der Waals surface area contributed by atoms with Gasteiger partial charge in [-0.15, -0.1) is 0 Å². The molecule has 2 aliphatic rings. The van der Waals surface area contributed by atoms with Gasteiger partial charge in [0.05, 0.1) is 6.10 Å². The minimum atomic E-state index is 0.366. The number of rotatable bonds is 3. The third-order valence-corrected chi connectivity index (χ3v) is 3.45. The highest BCUT2D eigenvalue weighted by Gasteiger charge is 2.23. The van der Waals surface area contributed by atoms with Crippen LogP contribution in [0.15, 0.2) is 0 Å². The molecule has 0 spiro atoms. The molecule has 1 saturated heterocycles. The number of hydrogen-bond donors (Lipinski definition) is 2. The first-order chi connectivity index (χ1) is 6.86. The maximum Gasteiger partial charge on any atom is 0.0700 e. The van der Waals surface area contributed by atoms with E-state index in [2.05, 4.69) is 5.32 Å². The van der Waals surface area contributed by atoms with Gasteiger partial charge in [0, 0.05) is 25.2 Å². The van der Waals surface area contributed by atoms with Gasteiger partial charge in [-0.05, 0) is 25.7 Å². The van der Waals surface area contributed by atoms with Gasteiger partial charge in [0.25, 0.3) is 0 Å². The summed E-state index contributed by atoms with van der Waals surface area (Å²) in [4.78, 5) is 0. The molecular formula is C11H22N2O. The van der Waals surface area contributed by atoms with Crippen LogP contribution >= 0.6 is 0 Å². The zero-order valence-electron chi connectivity index (χ0n) is 8.87. The Kier molecular flexibility index (Phi) is 3.79. The third-order valence-electron chi connectivity index (χ3n) is 3.45. The molecule has 0 radical (unpaired) electrons. The van der Waals surface area contributed by atoms with Gasteiger partial charge in [-0.1, -0.05) is 12.8 Å². The summed E-state index contributed by atoms with van der Waals surface area (Å²) in [5.74, 6) is 0. The summed E-state index contributed by atoms with van der Waals surface area (Å²) in [7, 11) is 0. The van der Waals surface area contributed by atoms with Crippen molar-refractivity contribution < 1.29 is 4.74 Å². The molecule has 1 heterocycles. The van der Waals surface area contributed by atoms with Crippen LogP contribution in [0.25, 0.3) is 0 Å². The lowest BCUT2D eigenvalue weighted by Gasteiger charge is -2.30. The second kappa shape index (κ2) is 5.10. The van der Waals surface area contributed by atoms with Crippen LogP contribution in [-0.2, 0) is 4.74 Å². The molecule has 0 bridgehead atoms. The number of ether oxygens (including phenoxy) is 1. The lowest BCUT2D eigenvalue weighted by Crippen LogP contribution is -2.49. The highest BCUT2D eigenvalue weighted by Crippen LogP contribution is 2.18. The quantitative estimate of drug-likeness (QED) is 0.712. The minimum Gasteiger partial charge on any atom is -0.377 e. The molecule has 0 aromatic heterocycles. The molecule has 3 atom stereocenters. The molecule has 1 aliphatic heterocycles. The highest BCUT2D eigenvalue weighted by atomic mass is 16.5. The van der Waals surface area contributed by atoms with Crippen molar-refractivity contribution in [3.8, 4) is 0 Å². The largest absolute Gasteiger partial charge is 0.377 e. The summed E-state index contributed by atoms with van der Waals surface area (Å²) in [6.45, 7) is 1.95. The van der Waals surface area contributed by atoms with Gasteiger partial charge >= 0.3 is 0 Å². The third kappa shape index (κ3) is 2.69. The topological polar surface area (TPSA) is 47.3 Å². The summed E-state index contributed by atoms with van der Waals surface area (Å²) in [6.07, 6.45) is 7.95. The van der Waals surface area contributed by atoms with Crippen molar-refractivity contribution in [1.82, 2.24) is 5.32 Å². The minimum absolute atomic E-state index is 0.366. The number of nitrogens with two attached hydrogens (primary N) is 1. The maximum absolute atomic E-state index is 6.06. The summed E-state index contributed by atoms with van der Waals surface area (Å²) < 4.78 is 5.58. The molecule has 2 rings (SSSR count). The monoisotopic (exact) mass is 198 g/mol. The predicted octanol–water partition coefficient (Wildman–Crippen LogP) is 1.02. The van der Waals surface area contributed by atoms with Gasteiger partial charge in [0.2, 0.25) is 0 Å². The van der Waals surface area contributed by atoms with E-state index in [1.807, 2.05) is 0 Å². The Morgan fingerprint density at radius 3 is 2.71 bits per heavy atom. The molecule has 0 amide bonds. The van der Waals surface area contributed by atoms with Gasteiger partial charge in [-0.2, -0.15) is 0 Å². The summed E-state index contributed by atoms with van der Waals surface area (Å²) in [5, 5.41) is 3.56. The molecule has 0 aromatic carbocycles. The average Bonchev–Trinajstić information content (AvgIpc) is 2.69. The van der Waals surface area contributed by atoms with E-state index in [0.29, 0.717) is 18.2 Å². The first kappa shape index (κ1) is 10.4. The molecule has 0 aromatic rings. The molecule has 14 heavy (non-hydrogen) atoms. The van der Waals surface area contributed by atoms with E-state index in [0.717, 1.165) is 13.2 Å². The van der Waals surface area contributed by atoms with E-state index in [9.17, 15) is 0 Å². The zero-order valence-corrected chi connectivity index (χ0v) is 8.87. The van der Waals surface area contributed by atoms with E-state index in [1.54, 1.807) is 0 Å². The molecule has 82 valence electrons. The lowest BCUT2D eigenvalue weighted by molar-refractivity contribution is 0.104. The van der Waals surface area contributed by atoms with Gasteiger partial charge in [0.15, 0.2) is 0 Å². The van der Waals surface area contributed by atoms with E-state index < -0.39 is 0 Å². The normalized spacial score (nSPS) is 38.8. The Hall–Kier alpha value is -0.120. The smallest absolute Gasteiger partial charge is 0.0700 e. The first-order valence-electron chi connectivity index (χ1n) is 5.97. The standard InChI is InChI=1S/C11H22N2O/c12-10-5-1-2-6-11(10)13-8-9-4-3-7-14-9/h9-11,13H,1-8,12H2/t9-,10-,11+/m1/s1. The van der Waals surface area contributed by atoms with Gasteiger partial charge < -0.3 is 15.8 Å². The molecule has 3 nitrogen and oxygen atoms in total. The second-order valence-electron chi connectivity index (χ2n) is 4.60. The highest BCUT2D eigenvalue weighted by molar-refractivity contribution is 4.84. The lowest BCUT2D eigenvalue weighted by atomic mass is 9.91. The number of nitrogens with one attached hydrogen (secondary N) is 1.